The van der Waals surface area contributed by atoms with Crippen molar-refractivity contribution in [3.05, 3.63) is 40.6 Å². The minimum absolute atomic E-state index is 0. The molecule has 0 spiro atoms. The topological polar surface area (TPSA) is 364 Å². The first-order chi connectivity index (χ1) is 20.3. The van der Waals surface area contributed by atoms with Crippen LogP contribution >= 0.6 is 0 Å². The fourth-order valence-corrected chi connectivity index (χ4v) is 4.84. The van der Waals surface area contributed by atoms with Crippen LogP contribution in [0, 0.1) is 0 Å². The maximum absolute atomic E-state index is 13.6. The summed E-state index contributed by atoms with van der Waals surface area (Å²) in [6.07, 6.45) is -16.2. The first kappa shape index (κ1) is 38.4. The smallest absolute Gasteiger partial charge is 0.239 e. The van der Waals surface area contributed by atoms with E-state index in [1.807, 2.05) is 0 Å². The summed E-state index contributed by atoms with van der Waals surface area (Å²) in [6.45, 7) is 0.818. The van der Waals surface area contributed by atoms with E-state index in [0.717, 1.165) is 24.3 Å². The zero-order valence-electron chi connectivity index (χ0n) is 23.8. The minimum atomic E-state index is -1.97. The van der Waals surface area contributed by atoms with Gasteiger partial charge in [0.05, 0.1) is 12.7 Å². The Kier molecular flexibility index (Phi) is 12.3. The lowest BCUT2D eigenvalue weighted by molar-refractivity contribution is -0.318. The highest BCUT2D eigenvalue weighted by atomic mass is 16.7. The van der Waals surface area contributed by atoms with Crippen molar-refractivity contribution in [1.29, 1.82) is 0 Å². The van der Waals surface area contributed by atoms with Crippen LogP contribution in [-0.2, 0) is 14.2 Å². The number of phenolic OH excluding ortho intramolecular Hbond substituents is 4. The van der Waals surface area contributed by atoms with Crippen LogP contribution in [0.2, 0.25) is 0 Å². The lowest BCUT2D eigenvalue weighted by Crippen LogP contribution is -2.61. The molecule has 2 aliphatic rings. The highest BCUT2D eigenvalue weighted by molar-refractivity contribution is 5.88. The van der Waals surface area contributed by atoms with E-state index >= 15 is 0 Å². The molecule has 3 heterocycles. The predicted octanol–water partition coefficient (Wildman–Crippen LogP) is -4.16. The van der Waals surface area contributed by atoms with E-state index in [1.54, 1.807) is 0 Å². The van der Waals surface area contributed by atoms with Crippen LogP contribution in [0.5, 0.6) is 28.7 Å². The van der Waals surface area contributed by atoms with Crippen molar-refractivity contribution in [2.45, 2.75) is 68.3 Å². The van der Waals surface area contributed by atoms with Gasteiger partial charge >= 0.3 is 0 Å². The maximum Gasteiger partial charge on any atom is 0.239 e. The normalized spacial score (nSPS) is 30.8. The van der Waals surface area contributed by atoms with Gasteiger partial charge in [-0.2, -0.15) is 0 Å². The fourth-order valence-electron chi connectivity index (χ4n) is 4.84. The Morgan fingerprint density at radius 1 is 0.717 bits per heavy atom. The monoisotopic (exact) mass is 664 g/mol. The van der Waals surface area contributed by atoms with Crippen LogP contribution in [-0.4, -0.2) is 136 Å². The number of fused-ring (bicyclic) bond motifs is 1. The second-order valence-corrected chi connectivity index (χ2v) is 10.3. The molecule has 2 aliphatic heterocycles. The molecule has 258 valence electrons. The van der Waals surface area contributed by atoms with E-state index in [4.69, 9.17) is 23.4 Å². The predicted molar refractivity (Wildman–Crippen MR) is 151 cm³/mol. The van der Waals surface area contributed by atoms with Gasteiger partial charge in [-0.1, -0.05) is 0 Å². The van der Waals surface area contributed by atoms with Crippen LogP contribution in [0.4, 0.5) is 0 Å². The van der Waals surface area contributed by atoms with E-state index in [-0.39, 0.29) is 27.6 Å². The average Bonchev–Trinajstić information content (AvgIpc) is 2.96. The van der Waals surface area contributed by atoms with Gasteiger partial charge in [0, 0.05) is 17.7 Å². The Hall–Kier alpha value is -3.83. The van der Waals surface area contributed by atoms with Gasteiger partial charge in [0.2, 0.25) is 17.5 Å². The summed E-state index contributed by atoms with van der Waals surface area (Å²) in [5.41, 5.74) is -1.35. The molecule has 46 heavy (non-hydrogen) atoms. The van der Waals surface area contributed by atoms with Crippen molar-refractivity contribution in [2.75, 3.05) is 6.61 Å². The highest BCUT2D eigenvalue weighted by Crippen LogP contribution is 2.39. The van der Waals surface area contributed by atoms with Gasteiger partial charge in [-0.15, -0.1) is 0 Å². The molecule has 19 nitrogen and oxygen atoms in total. The second kappa shape index (κ2) is 14.7. The fraction of sp³-hybridized carbons (Fsp3) is 0.444. The first-order valence-electron chi connectivity index (χ1n) is 13.0. The Labute approximate surface area is 257 Å². The van der Waals surface area contributed by atoms with Gasteiger partial charge in [-0.05, 0) is 25.1 Å². The largest absolute Gasteiger partial charge is 0.508 e. The molecule has 5 rings (SSSR count). The molecule has 2 fully saturated rings. The highest BCUT2D eigenvalue weighted by Gasteiger charge is 2.47. The summed E-state index contributed by atoms with van der Waals surface area (Å²) >= 11 is 0. The molecule has 0 aliphatic carbocycles. The summed E-state index contributed by atoms with van der Waals surface area (Å²) < 4.78 is 27.8. The van der Waals surface area contributed by atoms with Crippen molar-refractivity contribution in [3.63, 3.8) is 0 Å². The molecule has 0 bridgehead atoms. The Bertz CT molecular complexity index is 1540. The van der Waals surface area contributed by atoms with Crippen LogP contribution in [0.25, 0.3) is 22.3 Å². The molecule has 16 N–H and O–H groups in total. The van der Waals surface area contributed by atoms with Gasteiger partial charge in [-0.25, -0.2) is 0 Å². The minimum Gasteiger partial charge on any atom is -0.508 e. The molecule has 3 aromatic rings. The Morgan fingerprint density at radius 2 is 1.35 bits per heavy atom. The Morgan fingerprint density at radius 3 is 2.00 bits per heavy atom. The second-order valence-electron chi connectivity index (χ2n) is 10.3. The lowest BCUT2D eigenvalue weighted by Gasteiger charge is -2.42. The van der Waals surface area contributed by atoms with E-state index in [1.165, 1.54) is 13.0 Å². The molecule has 10 atom stereocenters. The van der Waals surface area contributed by atoms with E-state index in [9.17, 15) is 55.9 Å². The van der Waals surface area contributed by atoms with Gasteiger partial charge in [-0.3, -0.25) is 4.79 Å². The number of hydrogen-bond donors (Lipinski definition) is 10. The molecule has 2 saturated heterocycles. The average molecular weight is 665 g/mol. The van der Waals surface area contributed by atoms with Crippen molar-refractivity contribution >= 4 is 11.0 Å². The van der Waals surface area contributed by atoms with Crippen LogP contribution in [0.1, 0.15) is 6.92 Å². The summed E-state index contributed by atoms with van der Waals surface area (Å²) in [6, 6.07) is 5.24. The van der Waals surface area contributed by atoms with Crippen molar-refractivity contribution in [3.8, 4) is 40.1 Å². The number of aliphatic hydroxyl groups is 6. The molecule has 0 saturated carbocycles. The summed E-state index contributed by atoms with van der Waals surface area (Å²) in [7, 11) is 0. The number of ether oxygens (including phenoxy) is 4. The molecule has 19 heteroatoms. The van der Waals surface area contributed by atoms with E-state index < -0.39 is 113 Å². The van der Waals surface area contributed by atoms with Crippen LogP contribution in [0.3, 0.4) is 0 Å². The zero-order chi connectivity index (χ0) is 31.3. The van der Waals surface area contributed by atoms with E-state index in [2.05, 4.69) is 0 Å². The standard InChI is InChI=1S/C27H30O16.3H2O/c1-8-17(32)20(35)22(37)26(40-8)39-7-15-18(33)21(36)23(38)27(42-15)43-25-19(34)16-13(31)5-10(28)6-14(16)41-24(25)9-2-3-11(29)12(30)4-9;;;/h2-6,8,15,17-18,20-23,26-33,35-38H,7H2,1H3;3*1H2/t8-,15+,17-,18+,20+,21-,22+,23+,26+,27?;;;/m0.../s1. The van der Waals surface area contributed by atoms with Crippen molar-refractivity contribution in [2.24, 2.45) is 0 Å². The number of phenols is 4. The van der Waals surface area contributed by atoms with Gasteiger partial charge in [0.25, 0.3) is 0 Å². The quantitative estimate of drug-likeness (QED) is 0.112. The zero-order valence-corrected chi connectivity index (χ0v) is 23.8. The number of aromatic hydroxyl groups is 4. The Balaban J connectivity index is 0.00000245. The third-order valence-electron chi connectivity index (χ3n) is 7.29. The van der Waals surface area contributed by atoms with Gasteiger partial charge in [0.1, 0.15) is 65.2 Å². The molecule has 1 aromatic heterocycles. The van der Waals surface area contributed by atoms with Crippen LogP contribution in [0.15, 0.2) is 39.5 Å². The molecule has 1 unspecified atom stereocenters. The lowest BCUT2D eigenvalue weighted by atomic mass is 9.98. The number of aliphatic hydroxyl groups excluding tert-OH is 6. The van der Waals surface area contributed by atoms with Crippen LogP contribution < -0.4 is 10.2 Å². The maximum atomic E-state index is 13.6. The number of rotatable bonds is 6. The SMILES string of the molecule is C[C@@H]1O[C@@H](OC[C@H]2OC(Oc3c(-c4ccc(O)c(O)c4)oc4cc(O)cc(O)c4c3=O)[C@H](O)[C@@H](O)[C@@H]2O)[C@H](O)[C@H](O)[C@H]1O.O.O.O. The summed E-state index contributed by atoms with van der Waals surface area (Å²) in [4.78, 5) is 13.6. The molecule has 0 amide bonds. The third kappa shape index (κ3) is 6.95. The molecular weight excluding hydrogens is 628 g/mol. The van der Waals surface area contributed by atoms with Crippen molar-refractivity contribution in [1.82, 2.24) is 0 Å². The van der Waals surface area contributed by atoms with E-state index in [0.29, 0.717) is 0 Å². The number of benzene rings is 2. The molecule has 0 radical (unpaired) electrons. The van der Waals surface area contributed by atoms with Crippen molar-refractivity contribution < 1.29 is 90.9 Å². The first-order valence-corrected chi connectivity index (χ1v) is 13.0. The summed E-state index contributed by atoms with van der Waals surface area (Å²) in [5.74, 6) is -3.33. The molecular formula is C27H36O19. The third-order valence-corrected chi connectivity index (χ3v) is 7.29. The molecule has 2 aromatic carbocycles. The number of hydrogen-bond acceptors (Lipinski definition) is 16. The van der Waals surface area contributed by atoms with Gasteiger partial charge < -0.3 is 90.9 Å². The van der Waals surface area contributed by atoms with Gasteiger partial charge in [0.15, 0.2) is 23.5 Å². The summed E-state index contributed by atoms with van der Waals surface area (Å²) in [5, 5.41) is 101.